The van der Waals surface area contributed by atoms with Crippen molar-refractivity contribution in [3.8, 4) is 0 Å². The molecule has 4 nitrogen and oxygen atoms in total. The van der Waals surface area contributed by atoms with Gasteiger partial charge in [-0.1, -0.05) is 85.7 Å². The van der Waals surface area contributed by atoms with Gasteiger partial charge in [-0.05, 0) is 123 Å². The third-order valence-corrected chi connectivity index (χ3v) is 12.4. The van der Waals surface area contributed by atoms with E-state index in [9.17, 15) is 4.79 Å². The first-order chi connectivity index (χ1) is 18.6. The number of fused-ring (bicyclic) bond motifs is 5. The molecule has 0 bridgehead atoms. The third kappa shape index (κ3) is 6.72. The largest absolute Gasteiger partial charge is 0.535 e. The minimum atomic E-state index is -0.602. The van der Waals surface area contributed by atoms with Gasteiger partial charge in [0, 0.05) is 0 Å². The van der Waals surface area contributed by atoms with Crippen molar-refractivity contribution in [1.29, 1.82) is 0 Å². The molecule has 0 aromatic carbocycles. The molecule has 4 heteroatoms. The summed E-state index contributed by atoms with van der Waals surface area (Å²) in [5.41, 5.74) is 1.93. The molecule has 0 unspecified atom stereocenters. The average Bonchev–Trinajstić information content (AvgIpc) is 3.25. The van der Waals surface area contributed by atoms with Gasteiger partial charge in [0.2, 0.25) is 0 Å². The standard InChI is InChI=1S/C35H61NO3/c1-8-11-27(12-9-2)36-39-33(37)38-28-19-21-34(6)26(23-28)15-16-29-31-18-17-30(25(5)14-10-13-24(3)4)35(31,7)22-20-32(29)34/h24-26,28-32H,8-23H2,1-7H3/t25-,26-,28+,29-,30+,31-,32-,34-,35+/m0/s1. The molecule has 0 N–H and O–H groups in total. The van der Waals surface area contributed by atoms with Gasteiger partial charge in [0.25, 0.3) is 0 Å². The van der Waals surface area contributed by atoms with Crippen molar-refractivity contribution in [3.63, 3.8) is 0 Å². The molecule has 0 aliphatic heterocycles. The van der Waals surface area contributed by atoms with E-state index in [0.717, 1.165) is 79.7 Å². The zero-order valence-corrected chi connectivity index (χ0v) is 26.6. The average molecular weight is 544 g/mol. The number of nitrogens with zero attached hydrogens (tertiary/aromatic N) is 1. The van der Waals surface area contributed by atoms with E-state index in [2.05, 4.69) is 53.6 Å². The summed E-state index contributed by atoms with van der Waals surface area (Å²) in [7, 11) is 0. The van der Waals surface area contributed by atoms with Crippen LogP contribution in [0.4, 0.5) is 4.79 Å². The van der Waals surface area contributed by atoms with Crippen LogP contribution in [-0.2, 0) is 9.57 Å². The minimum absolute atomic E-state index is 0.0143. The second-order valence-corrected chi connectivity index (χ2v) is 15.2. The lowest BCUT2D eigenvalue weighted by atomic mass is 9.44. The maximum absolute atomic E-state index is 12.5. The highest BCUT2D eigenvalue weighted by Gasteiger charge is 2.60. The van der Waals surface area contributed by atoms with E-state index in [1.165, 1.54) is 64.2 Å². The van der Waals surface area contributed by atoms with Crippen LogP contribution in [-0.4, -0.2) is 18.0 Å². The molecule has 0 aromatic rings. The first-order valence-electron chi connectivity index (χ1n) is 17.1. The van der Waals surface area contributed by atoms with Gasteiger partial charge in [0.05, 0.1) is 5.71 Å². The molecule has 0 radical (unpaired) electrons. The van der Waals surface area contributed by atoms with Gasteiger partial charge in [0.1, 0.15) is 6.10 Å². The molecular weight excluding hydrogens is 482 g/mol. The summed E-state index contributed by atoms with van der Waals surface area (Å²) in [5.74, 6) is 5.99. The van der Waals surface area contributed by atoms with Gasteiger partial charge in [-0.15, -0.1) is 0 Å². The Labute approximate surface area is 240 Å². The van der Waals surface area contributed by atoms with Crippen molar-refractivity contribution < 1.29 is 14.4 Å². The Morgan fingerprint density at radius 1 is 0.872 bits per heavy atom. The monoisotopic (exact) mass is 543 g/mol. The lowest BCUT2D eigenvalue weighted by Gasteiger charge is -2.61. The van der Waals surface area contributed by atoms with Crippen LogP contribution >= 0.6 is 0 Å². The molecule has 0 saturated heterocycles. The van der Waals surface area contributed by atoms with Gasteiger partial charge in [0.15, 0.2) is 0 Å². The van der Waals surface area contributed by atoms with Crippen molar-refractivity contribution in [2.45, 2.75) is 157 Å². The van der Waals surface area contributed by atoms with Gasteiger partial charge < -0.3 is 4.74 Å². The zero-order chi connectivity index (χ0) is 28.2. The van der Waals surface area contributed by atoms with Gasteiger partial charge in [-0.2, -0.15) is 0 Å². The lowest BCUT2D eigenvalue weighted by molar-refractivity contribution is -0.132. The van der Waals surface area contributed by atoms with E-state index in [0.29, 0.717) is 16.7 Å². The van der Waals surface area contributed by atoms with Crippen LogP contribution < -0.4 is 0 Å². The number of ether oxygens (including phenoxy) is 1. The highest BCUT2D eigenvalue weighted by Crippen LogP contribution is 2.68. The smallest absolute Gasteiger partial charge is 0.429 e. The summed E-state index contributed by atoms with van der Waals surface area (Å²) < 4.78 is 5.83. The summed E-state index contributed by atoms with van der Waals surface area (Å²) >= 11 is 0. The van der Waals surface area contributed by atoms with Gasteiger partial charge in [-0.3, -0.25) is 4.84 Å². The molecule has 0 spiro atoms. The van der Waals surface area contributed by atoms with E-state index < -0.39 is 6.16 Å². The molecule has 0 heterocycles. The van der Waals surface area contributed by atoms with Gasteiger partial charge in [-0.25, -0.2) is 4.79 Å². The summed E-state index contributed by atoms with van der Waals surface area (Å²) in [5, 5.41) is 4.14. The summed E-state index contributed by atoms with van der Waals surface area (Å²) in [6.45, 7) is 16.9. The molecule has 0 aromatic heterocycles. The number of carbonyl (C=O) groups excluding carboxylic acids is 1. The Balaban J connectivity index is 1.33. The molecule has 4 aliphatic carbocycles. The second kappa shape index (κ2) is 13.3. The molecule has 0 amide bonds. The normalized spacial score (nSPS) is 38.4. The molecule has 9 atom stereocenters. The van der Waals surface area contributed by atoms with Crippen molar-refractivity contribution >= 4 is 11.9 Å². The third-order valence-electron chi connectivity index (χ3n) is 12.4. The van der Waals surface area contributed by atoms with Crippen molar-refractivity contribution in [2.24, 2.45) is 57.4 Å². The highest BCUT2D eigenvalue weighted by molar-refractivity contribution is 5.84. The molecule has 4 rings (SSSR count). The Morgan fingerprint density at radius 3 is 2.26 bits per heavy atom. The first kappa shape index (κ1) is 30.9. The maximum atomic E-state index is 12.5. The van der Waals surface area contributed by atoms with Crippen LogP contribution in [0.2, 0.25) is 0 Å². The topological polar surface area (TPSA) is 47.9 Å². The predicted octanol–water partition coefficient (Wildman–Crippen LogP) is 10.6. The van der Waals surface area contributed by atoms with Crippen molar-refractivity contribution in [3.05, 3.63) is 0 Å². The Hall–Kier alpha value is -1.06. The predicted molar refractivity (Wildman–Crippen MR) is 162 cm³/mol. The van der Waals surface area contributed by atoms with Crippen molar-refractivity contribution in [1.82, 2.24) is 0 Å². The second-order valence-electron chi connectivity index (χ2n) is 15.2. The van der Waals surface area contributed by atoms with E-state index in [-0.39, 0.29) is 6.10 Å². The Kier molecular flexibility index (Phi) is 10.5. The van der Waals surface area contributed by atoms with E-state index in [1.54, 1.807) is 0 Å². The molecule has 4 saturated carbocycles. The van der Waals surface area contributed by atoms with Crippen LogP contribution in [0.5, 0.6) is 0 Å². The summed E-state index contributed by atoms with van der Waals surface area (Å²) in [6.07, 6.45) is 19.0. The maximum Gasteiger partial charge on any atom is 0.535 e. The fraction of sp³-hybridized carbons (Fsp3) is 0.943. The fourth-order valence-corrected chi connectivity index (χ4v) is 10.4. The number of hydrogen-bond acceptors (Lipinski definition) is 4. The summed E-state index contributed by atoms with van der Waals surface area (Å²) in [4.78, 5) is 17.7. The zero-order valence-electron chi connectivity index (χ0n) is 26.6. The molecule has 224 valence electrons. The van der Waals surface area contributed by atoms with E-state index in [4.69, 9.17) is 9.57 Å². The van der Waals surface area contributed by atoms with Crippen LogP contribution in [0, 0.1) is 52.3 Å². The number of hydrogen-bond donors (Lipinski definition) is 0. The minimum Gasteiger partial charge on any atom is -0.429 e. The fourth-order valence-electron chi connectivity index (χ4n) is 10.4. The Bertz CT molecular complexity index is 830. The van der Waals surface area contributed by atoms with Crippen LogP contribution in [0.15, 0.2) is 5.16 Å². The molecular formula is C35H61NO3. The molecule has 39 heavy (non-hydrogen) atoms. The summed E-state index contributed by atoms with van der Waals surface area (Å²) in [6, 6.07) is 0. The molecule has 4 aliphatic rings. The van der Waals surface area contributed by atoms with E-state index >= 15 is 0 Å². The lowest BCUT2D eigenvalue weighted by Crippen LogP contribution is -2.54. The first-order valence-corrected chi connectivity index (χ1v) is 17.1. The SMILES string of the molecule is CCCC(CCC)=NOC(=O)O[C@@H]1CC[C@@]2(C)[C@@H](CC[C@@H]3[C@@H]2CC[C@]2(C)[C@@H]([C@@H](C)CCCC(C)C)CC[C@@H]32)C1. The van der Waals surface area contributed by atoms with Crippen LogP contribution in [0.3, 0.4) is 0 Å². The van der Waals surface area contributed by atoms with Crippen molar-refractivity contribution in [2.75, 3.05) is 0 Å². The van der Waals surface area contributed by atoms with Gasteiger partial charge >= 0.3 is 6.16 Å². The highest BCUT2D eigenvalue weighted by atomic mass is 16.8. The van der Waals surface area contributed by atoms with Crippen LogP contribution in [0.1, 0.15) is 151 Å². The Morgan fingerprint density at radius 2 is 1.56 bits per heavy atom. The number of carbonyl (C=O) groups is 1. The van der Waals surface area contributed by atoms with Crippen LogP contribution in [0.25, 0.3) is 0 Å². The number of oxime groups is 1. The quantitative estimate of drug-likeness (QED) is 0.113. The molecule has 4 fully saturated rings. The van der Waals surface area contributed by atoms with E-state index in [1.807, 2.05) is 0 Å². The number of rotatable bonds is 11.